The van der Waals surface area contributed by atoms with Crippen LogP contribution in [0.1, 0.15) is 36.0 Å². The van der Waals surface area contributed by atoms with Gasteiger partial charge in [0.05, 0.1) is 0 Å². The zero-order valence-corrected chi connectivity index (χ0v) is 11.8. The van der Waals surface area contributed by atoms with Crippen LogP contribution < -0.4 is 4.74 Å². The number of benzene rings is 1. The molecular formula is C16H19F2NO2. The first-order valence-corrected chi connectivity index (χ1v) is 7.16. The van der Waals surface area contributed by atoms with E-state index in [1.54, 1.807) is 0 Å². The van der Waals surface area contributed by atoms with Gasteiger partial charge in [-0.1, -0.05) is 12.8 Å². The fourth-order valence-electron chi connectivity index (χ4n) is 2.31. The van der Waals surface area contributed by atoms with Crippen molar-refractivity contribution in [2.45, 2.75) is 32.3 Å². The third-order valence-corrected chi connectivity index (χ3v) is 3.44. The quantitative estimate of drug-likeness (QED) is 0.610. The smallest absolute Gasteiger partial charge is 0.387 e. The number of hydrogen-bond acceptors (Lipinski definition) is 3. The molecular weight excluding hydrogens is 276 g/mol. The van der Waals surface area contributed by atoms with Gasteiger partial charge in [-0.3, -0.25) is 4.79 Å². The first kappa shape index (κ1) is 15.5. The molecule has 0 spiro atoms. The van der Waals surface area contributed by atoms with Crippen molar-refractivity contribution in [3.63, 3.8) is 0 Å². The highest BCUT2D eigenvalue weighted by molar-refractivity contribution is 6.04. The highest BCUT2D eigenvalue weighted by atomic mass is 19.3. The molecule has 5 heteroatoms. The number of rotatable bonds is 5. The molecule has 1 aromatic rings. The van der Waals surface area contributed by atoms with Gasteiger partial charge in [0.25, 0.3) is 0 Å². The molecule has 0 atom stereocenters. The second-order valence-corrected chi connectivity index (χ2v) is 5.03. The Morgan fingerprint density at radius 3 is 2.29 bits per heavy atom. The Morgan fingerprint density at radius 1 is 1.10 bits per heavy atom. The SMILES string of the molecule is O=C(C=CN1CCCCCC1)c1ccc(OC(F)F)cc1. The number of halogens is 2. The second kappa shape index (κ2) is 7.76. The van der Waals surface area contributed by atoms with E-state index < -0.39 is 6.61 Å². The molecule has 0 aromatic heterocycles. The highest BCUT2D eigenvalue weighted by Crippen LogP contribution is 2.16. The van der Waals surface area contributed by atoms with Crippen molar-refractivity contribution in [1.82, 2.24) is 4.90 Å². The molecule has 0 N–H and O–H groups in total. The van der Waals surface area contributed by atoms with E-state index in [4.69, 9.17) is 0 Å². The maximum atomic E-state index is 12.0. The fourth-order valence-corrected chi connectivity index (χ4v) is 2.31. The summed E-state index contributed by atoms with van der Waals surface area (Å²) in [7, 11) is 0. The van der Waals surface area contributed by atoms with E-state index in [0.717, 1.165) is 25.9 Å². The summed E-state index contributed by atoms with van der Waals surface area (Å²) in [5, 5.41) is 0. The molecule has 114 valence electrons. The predicted molar refractivity (Wildman–Crippen MR) is 76.6 cm³/mol. The van der Waals surface area contributed by atoms with Gasteiger partial charge in [0, 0.05) is 30.9 Å². The van der Waals surface area contributed by atoms with Gasteiger partial charge in [-0.05, 0) is 37.1 Å². The Kier molecular flexibility index (Phi) is 5.72. The third kappa shape index (κ3) is 5.17. The van der Waals surface area contributed by atoms with Crippen LogP contribution in [0.25, 0.3) is 0 Å². The molecule has 21 heavy (non-hydrogen) atoms. The van der Waals surface area contributed by atoms with Gasteiger partial charge in [0.2, 0.25) is 0 Å². The van der Waals surface area contributed by atoms with E-state index in [1.807, 2.05) is 6.20 Å². The molecule has 0 unspecified atom stereocenters. The van der Waals surface area contributed by atoms with E-state index in [9.17, 15) is 13.6 Å². The van der Waals surface area contributed by atoms with Crippen LogP contribution in [0, 0.1) is 0 Å². The van der Waals surface area contributed by atoms with Crippen LogP contribution in [0.3, 0.4) is 0 Å². The lowest BCUT2D eigenvalue weighted by molar-refractivity contribution is -0.0498. The number of alkyl halides is 2. The number of carbonyl (C=O) groups is 1. The van der Waals surface area contributed by atoms with Crippen molar-refractivity contribution in [2.24, 2.45) is 0 Å². The van der Waals surface area contributed by atoms with E-state index >= 15 is 0 Å². The molecule has 0 saturated carbocycles. The molecule has 1 aliphatic heterocycles. The first-order chi connectivity index (χ1) is 10.1. The van der Waals surface area contributed by atoms with Crippen LogP contribution in [0.4, 0.5) is 8.78 Å². The van der Waals surface area contributed by atoms with Crippen LogP contribution in [0.5, 0.6) is 5.75 Å². The summed E-state index contributed by atoms with van der Waals surface area (Å²) in [4.78, 5) is 14.2. The molecule has 0 radical (unpaired) electrons. The van der Waals surface area contributed by atoms with Crippen molar-refractivity contribution < 1.29 is 18.3 Å². The average Bonchev–Trinajstić information content (AvgIpc) is 2.73. The van der Waals surface area contributed by atoms with Gasteiger partial charge >= 0.3 is 6.61 Å². The lowest BCUT2D eigenvalue weighted by Crippen LogP contribution is -2.18. The largest absolute Gasteiger partial charge is 0.435 e. The predicted octanol–water partition coefficient (Wildman–Crippen LogP) is 3.86. The number of ketones is 1. The van der Waals surface area contributed by atoms with Crippen LogP contribution in [-0.4, -0.2) is 30.4 Å². The van der Waals surface area contributed by atoms with Gasteiger partial charge in [0.15, 0.2) is 5.78 Å². The number of hydrogen-bond donors (Lipinski definition) is 0. The van der Waals surface area contributed by atoms with E-state index in [1.165, 1.54) is 43.2 Å². The summed E-state index contributed by atoms with van der Waals surface area (Å²) in [5.41, 5.74) is 0.461. The summed E-state index contributed by atoms with van der Waals surface area (Å²) in [6.07, 6.45) is 8.15. The van der Waals surface area contributed by atoms with Crippen molar-refractivity contribution >= 4 is 5.78 Å². The van der Waals surface area contributed by atoms with Crippen LogP contribution in [-0.2, 0) is 0 Å². The number of carbonyl (C=O) groups excluding carboxylic acids is 1. The Labute approximate surface area is 123 Å². The minimum Gasteiger partial charge on any atom is -0.435 e. The molecule has 1 aliphatic rings. The summed E-state index contributed by atoms with van der Waals surface area (Å²) in [6, 6.07) is 5.73. The summed E-state index contributed by atoms with van der Waals surface area (Å²) in [6.45, 7) is -0.898. The fraction of sp³-hybridized carbons (Fsp3) is 0.438. The average molecular weight is 295 g/mol. The molecule has 1 saturated heterocycles. The zero-order chi connectivity index (χ0) is 15.1. The van der Waals surface area contributed by atoms with Crippen molar-refractivity contribution in [2.75, 3.05) is 13.1 Å². The highest BCUT2D eigenvalue weighted by Gasteiger charge is 2.08. The first-order valence-electron chi connectivity index (χ1n) is 7.16. The number of ether oxygens (including phenoxy) is 1. The minimum atomic E-state index is -2.85. The van der Waals surface area contributed by atoms with Crippen molar-refractivity contribution in [1.29, 1.82) is 0 Å². The van der Waals surface area contributed by atoms with Gasteiger partial charge in [-0.25, -0.2) is 0 Å². The van der Waals surface area contributed by atoms with Gasteiger partial charge in [0.1, 0.15) is 5.75 Å². The van der Waals surface area contributed by atoms with E-state index in [-0.39, 0.29) is 11.5 Å². The Balaban J connectivity index is 1.92. The Bertz CT molecular complexity index is 478. The number of allylic oxidation sites excluding steroid dienone is 1. The Morgan fingerprint density at radius 2 is 1.71 bits per heavy atom. The monoisotopic (exact) mass is 295 g/mol. The van der Waals surface area contributed by atoms with Crippen LogP contribution in [0.15, 0.2) is 36.5 Å². The molecule has 2 rings (SSSR count). The van der Waals surface area contributed by atoms with Crippen LogP contribution in [0.2, 0.25) is 0 Å². The third-order valence-electron chi connectivity index (χ3n) is 3.44. The molecule has 0 aliphatic carbocycles. The molecule has 1 heterocycles. The summed E-state index contributed by atoms with van der Waals surface area (Å²) >= 11 is 0. The molecule has 1 aromatic carbocycles. The molecule has 3 nitrogen and oxygen atoms in total. The number of nitrogens with zero attached hydrogens (tertiary/aromatic N) is 1. The summed E-state index contributed by atoms with van der Waals surface area (Å²) < 4.78 is 28.3. The summed E-state index contributed by atoms with van der Waals surface area (Å²) in [5.74, 6) is -0.0825. The number of likely N-dealkylation sites (tertiary alicyclic amines) is 1. The maximum Gasteiger partial charge on any atom is 0.387 e. The standard InChI is InChI=1S/C16H19F2NO2/c17-16(18)21-14-7-5-13(6-8-14)15(20)9-12-19-10-3-1-2-4-11-19/h5-9,12,16H,1-4,10-11H2. The van der Waals surface area contributed by atoms with E-state index in [2.05, 4.69) is 9.64 Å². The normalized spacial score (nSPS) is 16.2. The van der Waals surface area contributed by atoms with Gasteiger partial charge in [-0.2, -0.15) is 8.78 Å². The zero-order valence-electron chi connectivity index (χ0n) is 11.8. The van der Waals surface area contributed by atoms with Crippen LogP contribution >= 0.6 is 0 Å². The van der Waals surface area contributed by atoms with Gasteiger partial charge in [-0.15, -0.1) is 0 Å². The second-order valence-electron chi connectivity index (χ2n) is 5.03. The molecule has 0 bridgehead atoms. The van der Waals surface area contributed by atoms with Gasteiger partial charge < -0.3 is 9.64 Å². The topological polar surface area (TPSA) is 29.5 Å². The van der Waals surface area contributed by atoms with Crippen molar-refractivity contribution in [3.8, 4) is 5.75 Å². The Hall–Kier alpha value is -1.91. The lowest BCUT2D eigenvalue weighted by atomic mass is 10.1. The molecule has 1 fully saturated rings. The van der Waals surface area contributed by atoms with E-state index in [0.29, 0.717) is 5.56 Å². The maximum absolute atomic E-state index is 12.0. The minimum absolute atomic E-state index is 0.0537. The lowest BCUT2D eigenvalue weighted by Gasteiger charge is -2.16. The molecule has 0 amide bonds. The van der Waals surface area contributed by atoms with Crippen molar-refractivity contribution in [3.05, 3.63) is 42.1 Å².